The number of hydrogen-bond donors (Lipinski definition) is 0. The third-order valence-corrected chi connectivity index (χ3v) is 2.88. The average molecular weight is 226 g/mol. The standard InChI is InChI=1S/C13H20ClN/c1-2-15(11-6-10-14)12-9-13-7-4-3-5-8-13/h3-5,7-8H,2,6,9-12H2,1H3. The SMILES string of the molecule is CCN(CCCCl)CCc1ccccc1. The average Bonchev–Trinajstić information content (AvgIpc) is 2.31. The summed E-state index contributed by atoms with van der Waals surface area (Å²) in [6, 6.07) is 10.6. The minimum atomic E-state index is 0.766. The van der Waals surface area contributed by atoms with E-state index in [9.17, 15) is 0 Å². The fourth-order valence-electron chi connectivity index (χ4n) is 1.64. The molecule has 1 aromatic carbocycles. The summed E-state index contributed by atoms with van der Waals surface area (Å²) in [5.41, 5.74) is 1.42. The molecule has 0 amide bonds. The molecule has 0 unspecified atom stereocenters. The molecular weight excluding hydrogens is 206 g/mol. The first-order valence-corrected chi connectivity index (χ1v) is 6.22. The van der Waals surface area contributed by atoms with Gasteiger partial charge in [-0.3, -0.25) is 0 Å². The number of benzene rings is 1. The summed E-state index contributed by atoms with van der Waals surface area (Å²) in [7, 11) is 0. The number of nitrogens with zero attached hydrogens (tertiary/aromatic N) is 1. The maximum absolute atomic E-state index is 5.69. The van der Waals surface area contributed by atoms with Gasteiger partial charge in [0, 0.05) is 12.4 Å². The van der Waals surface area contributed by atoms with Gasteiger partial charge in [-0.2, -0.15) is 0 Å². The second-order valence-corrected chi connectivity index (χ2v) is 4.09. The van der Waals surface area contributed by atoms with E-state index >= 15 is 0 Å². The number of likely N-dealkylation sites (N-methyl/N-ethyl adjacent to an activating group) is 1. The van der Waals surface area contributed by atoms with Crippen molar-refractivity contribution in [3.05, 3.63) is 35.9 Å². The first kappa shape index (κ1) is 12.5. The van der Waals surface area contributed by atoms with Crippen molar-refractivity contribution in [1.82, 2.24) is 4.90 Å². The Morgan fingerprint density at radius 2 is 1.87 bits per heavy atom. The lowest BCUT2D eigenvalue weighted by atomic mass is 10.1. The highest BCUT2D eigenvalue weighted by Gasteiger charge is 2.01. The molecule has 1 nitrogen and oxygen atoms in total. The number of rotatable bonds is 7. The molecule has 0 aliphatic carbocycles. The summed E-state index contributed by atoms with van der Waals surface area (Å²) >= 11 is 5.69. The summed E-state index contributed by atoms with van der Waals surface area (Å²) in [4.78, 5) is 2.45. The van der Waals surface area contributed by atoms with Crippen LogP contribution in [0, 0.1) is 0 Å². The van der Waals surface area contributed by atoms with Crippen LogP contribution in [0.3, 0.4) is 0 Å². The molecule has 0 radical (unpaired) electrons. The van der Waals surface area contributed by atoms with Crippen molar-refractivity contribution in [3.8, 4) is 0 Å². The van der Waals surface area contributed by atoms with Gasteiger partial charge in [-0.1, -0.05) is 37.3 Å². The molecule has 0 atom stereocenters. The molecule has 0 aliphatic heterocycles. The first-order chi connectivity index (χ1) is 7.36. The Labute approximate surface area is 98.0 Å². The molecule has 2 heteroatoms. The van der Waals surface area contributed by atoms with Crippen molar-refractivity contribution >= 4 is 11.6 Å². The van der Waals surface area contributed by atoms with Crippen molar-refractivity contribution in [3.63, 3.8) is 0 Å². The lowest BCUT2D eigenvalue weighted by molar-refractivity contribution is 0.293. The molecule has 84 valence electrons. The Kier molecular flexibility index (Phi) is 6.45. The van der Waals surface area contributed by atoms with Crippen LogP contribution in [0.25, 0.3) is 0 Å². The van der Waals surface area contributed by atoms with Crippen LogP contribution in [0.5, 0.6) is 0 Å². The molecular formula is C13H20ClN. The predicted octanol–water partition coefficient (Wildman–Crippen LogP) is 3.18. The normalized spacial score (nSPS) is 10.9. The molecule has 0 N–H and O–H groups in total. The second kappa shape index (κ2) is 7.72. The van der Waals surface area contributed by atoms with Crippen LogP contribution < -0.4 is 0 Å². The van der Waals surface area contributed by atoms with Gasteiger partial charge in [-0.15, -0.1) is 11.6 Å². The van der Waals surface area contributed by atoms with Crippen molar-refractivity contribution in [2.75, 3.05) is 25.5 Å². The van der Waals surface area contributed by atoms with E-state index in [-0.39, 0.29) is 0 Å². The minimum Gasteiger partial charge on any atom is -0.303 e. The van der Waals surface area contributed by atoms with Crippen LogP contribution in [0.15, 0.2) is 30.3 Å². The Hall–Kier alpha value is -0.530. The largest absolute Gasteiger partial charge is 0.303 e. The van der Waals surface area contributed by atoms with E-state index in [0.29, 0.717) is 0 Å². The maximum atomic E-state index is 5.69. The zero-order chi connectivity index (χ0) is 10.9. The van der Waals surface area contributed by atoms with Gasteiger partial charge in [-0.25, -0.2) is 0 Å². The quantitative estimate of drug-likeness (QED) is 0.645. The smallest absolute Gasteiger partial charge is 0.0235 e. The molecule has 0 saturated carbocycles. The lowest BCUT2D eigenvalue weighted by Gasteiger charge is -2.19. The van der Waals surface area contributed by atoms with Crippen LogP contribution in [-0.2, 0) is 6.42 Å². The molecule has 0 spiro atoms. The molecule has 0 aliphatic rings. The number of alkyl halides is 1. The highest BCUT2D eigenvalue weighted by molar-refractivity contribution is 6.17. The third kappa shape index (κ3) is 5.19. The predicted molar refractivity (Wildman–Crippen MR) is 67.6 cm³/mol. The minimum absolute atomic E-state index is 0.766. The van der Waals surface area contributed by atoms with Gasteiger partial charge in [0.2, 0.25) is 0 Å². The van der Waals surface area contributed by atoms with Gasteiger partial charge in [0.25, 0.3) is 0 Å². The monoisotopic (exact) mass is 225 g/mol. The maximum Gasteiger partial charge on any atom is 0.0235 e. The van der Waals surface area contributed by atoms with Gasteiger partial charge in [0.05, 0.1) is 0 Å². The topological polar surface area (TPSA) is 3.24 Å². The Morgan fingerprint density at radius 3 is 2.47 bits per heavy atom. The highest BCUT2D eigenvalue weighted by Crippen LogP contribution is 2.02. The van der Waals surface area contributed by atoms with E-state index < -0.39 is 0 Å². The molecule has 0 aromatic heterocycles. The zero-order valence-corrected chi connectivity index (χ0v) is 10.2. The van der Waals surface area contributed by atoms with Crippen molar-refractivity contribution in [1.29, 1.82) is 0 Å². The molecule has 1 aromatic rings. The van der Waals surface area contributed by atoms with Gasteiger partial charge in [0.1, 0.15) is 0 Å². The van der Waals surface area contributed by atoms with Crippen LogP contribution in [0.1, 0.15) is 18.9 Å². The summed E-state index contributed by atoms with van der Waals surface area (Å²) in [6.45, 7) is 5.58. The molecule has 1 rings (SSSR count). The van der Waals surface area contributed by atoms with Gasteiger partial charge >= 0.3 is 0 Å². The third-order valence-electron chi connectivity index (χ3n) is 2.61. The molecule has 15 heavy (non-hydrogen) atoms. The van der Waals surface area contributed by atoms with E-state index in [1.165, 1.54) is 5.56 Å². The summed E-state index contributed by atoms with van der Waals surface area (Å²) in [6.07, 6.45) is 2.22. The number of hydrogen-bond acceptors (Lipinski definition) is 1. The molecule has 0 bridgehead atoms. The van der Waals surface area contributed by atoms with Crippen LogP contribution in [-0.4, -0.2) is 30.4 Å². The molecule has 0 fully saturated rings. The zero-order valence-electron chi connectivity index (χ0n) is 9.45. The van der Waals surface area contributed by atoms with E-state index in [1.807, 2.05) is 0 Å². The van der Waals surface area contributed by atoms with Gasteiger partial charge in [-0.05, 0) is 31.5 Å². The van der Waals surface area contributed by atoms with Gasteiger partial charge in [0.15, 0.2) is 0 Å². The first-order valence-electron chi connectivity index (χ1n) is 5.69. The summed E-state index contributed by atoms with van der Waals surface area (Å²) in [5, 5.41) is 0. The fraction of sp³-hybridized carbons (Fsp3) is 0.538. The Morgan fingerprint density at radius 1 is 1.13 bits per heavy atom. The van der Waals surface area contributed by atoms with E-state index in [1.54, 1.807) is 0 Å². The summed E-state index contributed by atoms with van der Waals surface area (Å²) < 4.78 is 0. The molecule has 0 saturated heterocycles. The Balaban J connectivity index is 2.28. The van der Waals surface area contributed by atoms with Crippen molar-refractivity contribution < 1.29 is 0 Å². The van der Waals surface area contributed by atoms with Crippen molar-refractivity contribution in [2.45, 2.75) is 19.8 Å². The Bertz CT molecular complexity index is 248. The lowest BCUT2D eigenvalue weighted by Crippen LogP contribution is -2.27. The highest BCUT2D eigenvalue weighted by atomic mass is 35.5. The van der Waals surface area contributed by atoms with Gasteiger partial charge < -0.3 is 4.90 Å². The second-order valence-electron chi connectivity index (χ2n) is 3.71. The van der Waals surface area contributed by atoms with Crippen molar-refractivity contribution in [2.24, 2.45) is 0 Å². The fourth-order valence-corrected chi connectivity index (χ4v) is 1.76. The van der Waals surface area contributed by atoms with Crippen LogP contribution >= 0.6 is 11.6 Å². The van der Waals surface area contributed by atoms with Crippen LogP contribution in [0.4, 0.5) is 0 Å². The van der Waals surface area contributed by atoms with E-state index in [4.69, 9.17) is 11.6 Å². The summed E-state index contributed by atoms with van der Waals surface area (Å²) in [5.74, 6) is 0.766. The number of halogens is 1. The van der Waals surface area contributed by atoms with E-state index in [0.717, 1.165) is 38.4 Å². The van der Waals surface area contributed by atoms with E-state index in [2.05, 4.69) is 42.2 Å². The van der Waals surface area contributed by atoms with Crippen LogP contribution in [0.2, 0.25) is 0 Å². The molecule has 0 heterocycles.